The second kappa shape index (κ2) is 5.96. The maximum atomic E-state index is 13.7. The van der Waals surface area contributed by atoms with Crippen molar-refractivity contribution in [3.05, 3.63) is 52.0 Å². The van der Waals surface area contributed by atoms with Crippen LogP contribution in [0.15, 0.2) is 35.7 Å². The van der Waals surface area contributed by atoms with Crippen LogP contribution in [-0.2, 0) is 0 Å². The van der Waals surface area contributed by atoms with Gasteiger partial charge >= 0.3 is 0 Å². The molecule has 1 atom stereocenters. The Morgan fingerprint density at radius 3 is 2.70 bits per heavy atom. The number of anilines is 1. The molecule has 3 heteroatoms. The van der Waals surface area contributed by atoms with Crippen LogP contribution in [0.25, 0.3) is 0 Å². The largest absolute Gasteiger partial charge is 0.377 e. The third kappa shape index (κ3) is 2.88. The van der Waals surface area contributed by atoms with Gasteiger partial charge in [-0.15, -0.1) is 11.3 Å². The van der Waals surface area contributed by atoms with Gasteiger partial charge in [0.2, 0.25) is 0 Å². The van der Waals surface area contributed by atoms with Gasteiger partial charge in [0.15, 0.2) is 0 Å². The molecule has 1 aliphatic rings. The highest BCUT2D eigenvalue weighted by Gasteiger charge is 2.27. The first-order chi connectivity index (χ1) is 9.74. The maximum absolute atomic E-state index is 13.7. The van der Waals surface area contributed by atoms with E-state index in [0.717, 1.165) is 5.69 Å². The molecule has 106 valence electrons. The van der Waals surface area contributed by atoms with E-state index in [1.807, 2.05) is 12.1 Å². The zero-order chi connectivity index (χ0) is 13.9. The van der Waals surface area contributed by atoms with Crippen LogP contribution in [0.3, 0.4) is 0 Å². The van der Waals surface area contributed by atoms with Crippen molar-refractivity contribution in [2.24, 2.45) is 5.92 Å². The number of halogens is 1. The van der Waals surface area contributed by atoms with Gasteiger partial charge < -0.3 is 5.32 Å². The van der Waals surface area contributed by atoms with Gasteiger partial charge in [-0.05, 0) is 54.8 Å². The van der Waals surface area contributed by atoms with Gasteiger partial charge in [0, 0.05) is 10.6 Å². The number of aryl methyl sites for hydroxylation is 1. The summed E-state index contributed by atoms with van der Waals surface area (Å²) in [6.45, 7) is 1.80. The monoisotopic (exact) mass is 289 g/mol. The molecule has 0 radical (unpaired) electrons. The summed E-state index contributed by atoms with van der Waals surface area (Å²) in [5.74, 6) is 0.532. The summed E-state index contributed by atoms with van der Waals surface area (Å²) < 4.78 is 13.7. The Morgan fingerprint density at radius 1 is 1.25 bits per heavy atom. The molecule has 1 unspecified atom stereocenters. The fraction of sp³-hybridized carbons (Fsp3) is 0.412. The van der Waals surface area contributed by atoms with E-state index in [4.69, 9.17) is 0 Å². The SMILES string of the molecule is Cc1ccc(NC(c2cccs2)C2CCCC2)cc1F. The van der Waals surface area contributed by atoms with E-state index in [0.29, 0.717) is 17.5 Å². The minimum Gasteiger partial charge on any atom is -0.377 e. The van der Waals surface area contributed by atoms with Crippen LogP contribution >= 0.6 is 11.3 Å². The van der Waals surface area contributed by atoms with Crippen molar-refractivity contribution in [3.8, 4) is 0 Å². The first-order valence-electron chi connectivity index (χ1n) is 7.30. The van der Waals surface area contributed by atoms with E-state index in [9.17, 15) is 4.39 Å². The first kappa shape index (κ1) is 13.6. The average molecular weight is 289 g/mol. The fourth-order valence-corrected chi connectivity index (χ4v) is 3.91. The van der Waals surface area contributed by atoms with Gasteiger partial charge in [-0.1, -0.05) is 25.0 Å². The Balaban J connectivity index is 1.84. The summed E-state index contributed by atoms with van der Waals surface area (Å²) in [4.78, 5) is 1.36. The predicted octanol–water partition coefficient (Wildman–Crippen LogP) is 5.54. The van der Waals surface area contributed by atoms with Gasteiger partial charge in [0.05, 0.1) is 6.04 Å². The van der Waals surface area contributed by atoms with E-state index >= 15 is 0 Å². The van der Waals surface area contributed by atoms with Crippen LogP contribution in [0.2, 0.25) is 0 Å². The van der Waals surface area contributed by atoms with Crippen molar-refractivity contribution < 1.29 is 4.39 Å². The molecule has 0 aliphatic heterocycles. The highest BCUT2D eigenvalue weighted by Crippen LogP contribution is 2.39. The number of thiophene rings is 1. The van der Waals surface area contributed by atoms with Crippen LogP contribution in [0, 0.1) is 18.7 Å². The van der Waals surface area contributed by atoms with Crippen molar-refractivity contribution in [2.75, 3.05) is 5.32 Å². The van der Waals surface area contributed by atoms with Crippen LogP contribution in [0.5, 0.6) is 0 Å². The first-order valence-corrected chi connectivity index (χ1v) is 8.18. The molecule has 1 saturated carbocycles. The Morgan fingerprint density at radius 2 is 2.05 bits per heavy atom. The fourth-order valence-electron chi connectivity index (χ4n) is 3.04. The van der Waals surface area contributed by atoms with Crippen molar-refractivity contribution in [3.63, 3.8) is 0 Å². The number of hydrogen-bond acceptors (Lipinski definition) is 2. The topological polar surface area (TPSA) is 12.0 Å². The predicted molar refractivity (Wildman–Crippen MR) is 83.8 cm³/mol. The number of hydrogen-bond donors (Lipinski definition) is 1. The zero-order valence-corrected chi connectivity index (χ0v) is 12.5. The number of benzene rings is 1. The second-order valence-corrected chi connectivity index (χ2v) is 6.63. The molecule has 1 aromatic heterocycles. The summed E-state index contributed by atoms with van der Waals surface area (Å²) in [5.41, 5.74) is 1.59. The van der Waals surface area contributed by atoms with Crippen LogP contribution < -0.4 is 5.32 Å². The highest BCUT2D eigenvalue weighted by molar-refractivity contribution is 7.10. The molecule has 0 bridgehead atoms. The van der Waals surface area contributed by atoms with Crippen LogP contribution in [0.1, 0.15) is 42.2 Å². The lowest BCUT2D eigenvalue weighted by atomic mass is 9.96. The van der Waals surface area contributed by atoms with Gasteiger partial charge in [0.25, 0.3) is 0 Å². The Labute approximate surface area is 123 Å². The standard InChI is InChI=1S/C17H20FNS/c1-12-8-9-14(11-15(12)18)19-17(13-5-2-3-6-13)16-7-4-10-20-16/h4,7-11,13,17,19H,2-3,5-6H2,1H3. The summed E-state index contributed by atoms with van der Waals surface area (Å²) >= 11 is 1.79. The number of rotatable bonds is 4. The highest BCUT2D eigenvalue weighted by atomic mass is 32.1. The van der Waals surface area contributed by atoms with E-state index in [-0.39, 0.29) is 5.82 Å². The molecule has 1 aromatic carbocycles. The van der Waals surface area contributed by atoms with Crippen molar-refractivity contribution in [1.29, 1.82) is 0 Å². The van der Waals surface area contributed by atoms with E-state index < -0.39 is 0 Å². The second-order valence-electron chi connectivity index (χ2n) is 5.65. The molecular weight excluding hydrogens is 269 g/mol. The van der Waals surface area contributed by atoms with Crippen molar-refractivity contribution >= 4 is 17.0 Å². The lowest BCUT2D eigenvalue weighted by Gasteiger charge is -2.25. The molecule has 20 heavy (non-hydrogen) atoms. The molecule has 3 rings (SSSR count). The van der Waals surface area contributed by atoms with Gasteiger partial charge in [0.1, 0.15) is 5.82 Å². The van der Waals surface area contributed by atoms with E-state index in [1.54, 1.807) is 24.3 Å². The van der Waals surface area contributed by atoms with Crippen molar-refractivity contribution in [1.82, 2.24) is 0 Å². The normalized spacial score (nSPS) is 17.3. The molecule has 0 spiro atoms. The average Bonchev–Trinajstić information content (AvgIpc) is 3.12. The molecule has 2 aromatic rings. The van der Waals surface area contributed by atoms with Gasteiger partial charge in [-0.25, -0.2) is 4.39 Å². The molecule has 0 amide bonds. The lowest BCUT2D eigenvalue weighted by molar-refractivity contribution is 0.475. The van der Waals surface area contributed by atoms with Gasteiger partial charge in [-0.2, -0.15) is 0 Å². The van der Waals surface area contributed by atoms with Crippen molar-refractivity contribution in [2.45, 2.75) is 38.6 Å². The minimum absolute atomic E-state index is 0.133. The number of nitrogens with one attached hydrogen (secondary N) is 1. The molecular formula is C17H20FNS. The Hall–Kier alpha value is -1.35. The lowest BCUT2D eigenvalue weighted by Crippen LogP contribution is -2.18. The Bertz CT molecular complexity index is 558. The zero-order valence-electron chi connectivity index (χ0n) is 11.7. The van der Waals surface area contributed by atoms with E-state index in [2.05, 4.69) is 22.8 Å². The maximum Gasteiger partial charge on any atom is 0.128 e. The third-order valence-electron chi connectivity index (χ3n) is 4.21. The minimum atomic E-state index is -0.133. The van der Waals surface area contributed by atoms with Crippen LogP contribution in [0.4, 0.5) is 10.1 Å². The Kier molecular flexibility index (Phi) is 4.06. The summed E-state index contributed by atoms with van der Waals surface area (Å²) in [5, 5.41) is 5.68. The molecule has 1 aliphatic carbocycles. The summed E-state index contributed by atoms with van der Waals surface area (Å²) in [7, 11) is 0. The quantitative estimate of drug-likeness (QED) is 0.779. The molecule has 1 fully saturated rings. The molecule has 1 N–H and O–H groups in total. The smallest absolute Gasteiger partial charge is 0.128 e. The summed E-state index contributed by atoms with van der Waals surface area (Å²) in [6.07, 6.45) is 5.17. The third-order valence-corrected chi connectivity index (χ3v) is 5.17. The molecule has 1 heterocycles. The molecule has 1 nitrogen and oxygen atoms in total. The van der Waals surface area contributed by atoms with Gasteiger partial charge in [-0.3, -0.25) is 0 Å². The molecule has 0 saturated heterocycles. The summed E-state index contributed by atoms with van der Waals surface area (Å²) in [6, 6.07) is 10.0. The van der Waals surface area contributed by atoms with E-state index in [1.165, 1.54) is 30.6 Å². The van der Waals surface area contributed by atoms with Crippen LogP contribution in [-0.4, -0.2) is 0 Å².